The van der Waals surface area contributed by atoms with Crippen molar-refractivity contribution in [3.8, 4) is 11.1 Å². The molecule has 0 atom stereocenters. The lowest BCUT2D eigenvalue weighted by Crippen LogP contribution is -2.02. The molecule has 3 aromatic rings. The molecule has 3 rings (SSSR count). The second-order valence-electron chi connectivity index (χ2n) is 4.97. The van der Waals surface area contributed by atoms with Gasteiger partial charge in [-0.25, -0.2) is 4.98 Å². The molecule has 0 aliphatic rings. The van der Waals surface area contributed by atoms with E-state index in [0.717, 1.165) is 22.0 Å². The molecular weight excluding hydrogens is 248 g/mol. The first kappa shape index (κ1) is 12.4. The highest BCUT2D eigenvalue weighted by molar-refractivity contribution is 5.96. The molecule has 0 aliphatic carbocycles. The fraction of sp³-hybridized carbons (Fsp3) is 0.125. The maximum Gasteiger partial charge on any atom is 0.222 e. The van der Waals surface area contributed by atoms with Gasteiger partial charge in [-0.15, -0.1) is 0 Å². The molecule has 0 saturated heterocycles. The lowest BCUT2D eigenvalue weighted by molar-refractivity contribution is 1.24. The molecule has 0 saturated carbocycles. The van der Waals surface area contributed by atoms with Crippen molar-refractivity contribution in [3.63, 3.8) is 0 Å². The zero-order valence-corrected chi connectivity index (χ0v) is 11.5. The Labute approximate surface area is 117 Å². The maximum absolute atomic E-state index is 6.00. The van der Waals surface area contributed by atoms with E-state index in [0.29, 0.717) is 5.82 Å². The van der Waals surface area contributed by atoms with Crippen LogP contribution in [0, 0.1) is 13.8 Å². The molecule has 0 radical (unpaired) electrons. The van der Waals surface area contributed by atoms with Crippen LogP contribution in [0.15, 0.2) is 36.4 Å². The molecule has 100 valence electrons. The number of hydrogen-bond acceptors (Lipinski definition) is 4. The number of benzene rings is 2. The molecule has 1 heterocycles. The molecule has 0 spiro atoms. The summed E-state index contributed by atoms with van der Waals surface area (Å²) in [6.07, 6.45) is 0. The largest absolute Gasteiger partial charge is 0.383 e. The summed E-state index contributed by atoms with van der Waals surface area (Å²) < 4.78 is 0. The molecule has 4 N–H and O–H groups in total. The van der Waals surface area contributed by atoms with Crippen LogP contribution in [0.25, 0.3) is 22.0 Å². The van der Waals surface area contributed by atoms with Gasteiger partial charge in [0.1, 0.15) is 5.82 Å². The van der Waals surface area contributed by atoms with Gasteiger partial charge in [0.2, 0.25) is 5.95 Å². The Morgan fingerprint density at radius 1 is 0.950 bits per heavy atom. The van der Waals surface area contributed by atoms with Crippen molar-refractivity contribution in [2.45, 2.75) is 13.8 Å². The zero-order chi connectivity index (χ0) is 14.3. The van der Waals surface area contributed by atoms with Gasteiger partial charge in [0.25, 0.3) is 0 Å². The highest BCUT2D eigenvalue weighted by Crippen LogP contribution is 2.31. The summed E-state index contributed by atoms with van der Waals surface area (Å²) in [6, 6.07) is 12.4. The smallest absolute Gasteiger partial charge is 0.222 e. The Balaban J connectivity index is 2.31. The molecule has 0 bridgehead atoms. The van der Waals surface area contributed by atoms with Crippen LogP contribution in [0.2, 0.25) is 0 Å². The van der Waals surface area contributed by atoms with Crippen LogP contribution in [-0.4, -0.2) is 9.97 Å². The summed E-state index contributed by atoms with van der Waals surface area (Å²) in [5.74, 6) is 0.636. The summed E-state index contributed by atoms with van der Waals surface area (Å²) in [5, 5.41) is 0.873. The average molecular weight is 264 g/mol. The Kier molecular flexibility index (Phi) is 2.79. The number of rotatable bonds is 1. The quantitative estimate of drug-likeness (QED) is 0.708. The Hall–Kier alpha value is -2.62. The van der Waals surface area contributed by atoms with E-state index in [1.807, 2.05) is 13.0 Å². The number of nitrogens with two attached hydrogens (primary N) is 2. The molecule has 0 amide bonds. The molecule has 20 heavy (non-hydrogen) atoms. The first-order valence-corrected chi connectivity index (χ1v) is 6.45. The minimum absolute atomic E-state index is 0.206. The molecule has 0 unspecified atom stereocenters. The van der Waals surface area contributed by atoms with Crippen molar-refractivity contribution in [2.24, 2.45) is 0 Å². The first-order valence-electron chi connectivity index (χ1n) is 6.45. The molecule has 4 nitrogen and oxygen atoms in total. The predicted octanol–water partition coefficient (Wildman–Crippen LogP) is 3.08. The number of anilines is 2. The summed E-state index contributed by atoms with van der Waals surface area (Å²) in [5.41, 5.74) is 17.0. The third kappa shape index (κ3) is 1.95. The van der Waals surface area contributed by atoms with Crippen LogP contribution in [0.4, 0.5) is 11.8 Å². The van der Waals surface area contributed by atoms with Crippen molar-refractivity contribution < 1.29 is 0 Å². The van der Waals surface area contributed by atoms with Crippen molar-refractivity contribution in [2.75, 3.05) is 11.5 Å². The van der Waals surface area contributed by atoms with E-state index < -0.39 is 0 Å². The predicted molar refractivity (Wildman–Crippen MR) is 83.3 cm³/mol. The van der Waals surface area contributed by atoms with E-state index in [1.165, 1.54) is 11.1 Å². The van der Waals surface area contributed by atoms with Gasteiger partial charge in [-0.3, -0.25) is 0 Å². The fourth-order valence-electron chi connectivity index (χ4n) is 2.57. The molecule has 2 aromatic carbocycles. The molecule has 4 heteroatoms. The number of nitrogens with zero attached hydrogens (tertiary/aromatic N) is 2. The van der Waals surface area contributed by atoms with Crippen LogP contribution < -0.4 is 11.5 Å². The highest BCUT2D eigenvalue weighted by Gasteiger charge is 2.11. The minimum Gasteiger partial charge on any atom is -0.383 e. The summed E-state index contributed by atoms with van der Waals surface area (Å²) >= 11 is 0. The van der Waals surface area contributed by atoms with E-state index in [4.69, 9.17) is 11.5 Å². The number of aromatic nitrogens is 2. The Bertz CT molecular complexity index is 809. The van der Waals surface area contributed by atoms with Gasteiger partial charge >= 0.3 is 0 Å². The Morgan fingerprint density at radius 3 is 2.50 bits per heavy atom. The van der Waals surface area contributed by atoms with Crippen LogP contribution in [-0.2, 0) is 0 Å². The normalized spacial score (nSPS) is 10.9. The standard InChI is InChI=1S/C16H16N4/c1-9-4-3-5-11(8-9)12-6-7-13-14(10(12)2)15(17)20-16(18)19-13/h3-8H,1-2H3,(H4,17,18,19,20). The van der Waals surface area contributed by atoms with Crippen molar-refractivity contribution >= 4 is 22.7 Å². The monoisotopic (exact) mass is 264 g/mol. The Morgan fingerprint density at radius 2 is 1.75 bits per heavy atom. The second kappa shape index (κ2) is 4.49. The van der Waals surface area contributed by atoms with Gasteiger partial charge in [-0.05, 0) is 36.6 Å². The molecule has 0 aliphatic heterocycles. The minimum atomic E-state index is 0.206. The number of fused-ring (bicyclic) bond motifs is 1. The topological polar surface area (TPSA) is 77.8 Å². The van der Waals surface area contributed by atoms with Crippen molar-refractivity contribution in [1.29, 1.82) is 0 Å². The number of nitrogen functional groups attached to an aromatic ring is 2. The average Bonchev–Trinajstić information content (AvgIpc) is 2.38. The highest BCUT2D eigenvalue weighted by atomic mass is 15.0. The van der Waals surface area contributed by atoms with Gasteiger partial charge in [0.05, 0.1) is 5.52 Å². The molecule has 1 aromatic heterocycles. The fourth-order valence-corrected chi connectivity index (χ4v) is 2.57. The maximum atomic E-state index is 6.00. The molecular formula is C16H16N4. The van der Waals surface area contributed by atoms with Crippen LogP contribution in [0.1, 0.15) is 11.1 Å². The molecule has 0 fully saturated rings. The van der Waals surface area contributed by atoms with Gasteiger partial charge < -0.3 is 11.5 Å². The summed E-state index contributed by atoms with van der Waals surface area (Å²) in [4.78, 5) is 8.30. The second-order valence-corrected chi connectivity index (χ2v) is 4.97. The summed E-state index contributed by atoms with van der Waals surface area (Å²) in [6.45, 7) is 4.12. The van der Waals surface area contributed by atoms with Crippen LogP contribution in [0.3, 0.4) is 0 Å². The number of aryl methyl sites for hydroxylation is 2. The SMILES string of the molecule is Cc1cccc(-c2ccc3nc(N)nc(N)c3c2C)c1. The first-order chi connectivity index (χ1) is 9.56. The van der Waals surface area contributed by atoms with E-state index in [-0.39, 0.29) is 5.95 Å². The van der Waals surface area contributed by atoms with Crippen molar-refractivity contribution in [3.05, 3.63) is 47.5 Å². The van der Waals surface area contributed by atoms with E-state index >= 15 is 0 Å². The third-order valence-corrected chi connectivity index (χ3v) is 3.50. The van der Waals surface area contributed by atoms with E-state index in [2.05, 4.69) is 47.2 Å². The van der Waals surface area contributed by atoms with Gasteiger partial charge in [-0.1, -0.05) is 35.9 Å². The zero-order valence-electron chi connectivity index (χ0n) is 11.5. The van der Waals surface area contributed by atoms with Gasteiger partial charge in [0.15, 0.2) is 0 Å². The van der Waals surface area contributed by atoms with Gasteiger partial charge in [-0.2, -0.15) is 4.98 Å². The van der Waals surface area contributed by atoms with Crippen LogP contribution in [0.5, 0.6) is 0 Å². The van der Waals surface area contributed by atoms with Crippen molar-refractivity contribution in [1.82, 2.24) is 9.97 Å². The number of hydrogen-bond donors (Lipinski definition) is 2. The van der Waals surface area contributed by atoms with Gasteiger partial charge in [0, 0.05) is 5.39 Å². The van der Waals surface area contributed by atoms with E-state index in [1.54, 1.807) is 0 Å². The lowest BCUT2D eigenvalue weighted by atomic mass is 9.96. The van der Waals surface area contributed by atoms with Crippen LogP contribution >= 0.6 is 0 Å². The summed E-state index contributed by atoms with van der Waals surface area (Å²) in [7, 11) is 0. The third-order valence-electron chi connectivity index (χ3n) is 3.50. The van der Waals surface area contributed by atoms with E-state index in [9.17, 15) is 0 Å². The lowest BCUT2D eigenvalue weighted by Gasteiger charge is -2.11.